The van der Waals surface area contributed by atoms with Crippen molar-refractivity contribution >= 4 is 19.6 Å². The van der Waals surface area contributed by atoms with Gasteiger partial charge in [-0.25, -0.2) is 4.57 Å². The Labute approximate surface area is 319 Å². The zero-order valence-electron chi connectivity index (χ0n) is 33.8. The quantitative estimate of drug-likeness (QED) is 0.0230. The van der Waals surface area contributed by atoms with Gasteiger partial charge in [-0.3, -0.25) is 14.1 Å². The van der Waals surface area contributed by atoms with Crippen LogP contribution in [0, 0.1) is 0 Å². The second kappa shape index (κ2) is 41.3. The molecular formula is C41H84NO9P. The Morgan fingerprint density at radius 1 is 0.558 bits per heavy atom. The maximum atomic E-state index is 12.7. The van der Waals surface area contributed by atoms with Gasteiger partial charge in [-0.15, -0.1) is 0 Å². The van der Waals surface area contributed by atoms with E-state index >= 15 is 0 Å². The summed E-state index contributed by atoms with van der Waals surface area (Å²) in [5.41, 5.74) is 4.87. The molecule has 0 spiro atoms. The molecule has 52 heavy (non-hydrogen) atoms. The number of nitrogens with two attached hydrogens (primary N) is 1. The molecular weight excluding hydrogens is 681 g/mol. The topological polar surface area (TPSA) is 177 Å². The first-order valence-electron chi connectivity index (χ1n) is 21.5. The van der Waals surface area contributed by atoms with Gasteiger partial charge in [-0.05, 0) is 12.8 Å². The van der Waals surface area contributed by atoms with E-state index in [0.717, 1.165) is 38.5 Å². The van der Waals surface area contributed by atoms with E-state index in [-0.39, 0.29) is 31.8 Å². The Kier molecular flexibility index (Phi) is 42.3. The molecule has 0 rings (SSSR count). The van der Waals surface area contributed by atoms with Gasteiger partial charge in [-0.2, -0.15) is 0 Å². The summed E-state index contributed by atoms with van der Waals surface area (Å²) in [7, 11) is -4.26. The number of Topliss-reactive ketones (excluding diaryl/α,β-unsaturated/α-hetero) is 1. The molecule has 0 radical (unpaired) electrons. The smallest absolute Gasteiger partial charge is 0.451 e. The zero-order valence-corrected chi connectivity index (χ0v) is 34.7. The molecule has 10 nitrogen and oxygen atoms in total. The Morgan fingerprint density at radius 3 is 1.13 bits per heavy atom. The van der Waals surface area contributed by atoms with Gasteiger partial charge in [0.25, 0.3) is 0 Å². The molecule has 0 aliphatic carbocycles. The van der Waals surface area contributed by atoms with Gasteiger partial charge in [0.15, 0.2) is 11.9 Å². The summed E-state index contributed by atoms with van der Waals surface area (Å²) in [6, 6.07) is 0. The number of phosphoric ester groups is 1. The third-order valence-electron chi connectivity index (χ3n) is 9.50. The van der Waals surface area contributed by atoms with Crippen LogP contribution in [-0.2, 0) is 23.4 Å². The molecule has 0 heterocycles. The summed E-state index contributed by atoms with van der Waals surface area (Å²) < 4.78 is 19.1. The largest absolute Gasteiger partial charge is 0.469 e. The lowest BCUT2D eigenvalue weighted by Gasteiger charge is -2.20. The second-order valence-electron chi connectivity index (χ2n) is 14.6. The minimum Gasteiger partial charge on any atom is -0.451 e. The Morgan fingerprint density at radius 2 is 0.865 bits per heavy atom. The van der Waals surface area contributed by atoms with E-state index < -0.39 is 32.6 Å². The van der Waals surface area contributed by atoms with Gasteiger partial charge in [0.1, 0.15) is 6.10 Å². The maximum absolute atomic E-state index is 12.7. The fourth-order valence-corrected chi connectivity index (χ4v) is 6.62. The average Bonchev–Trinajstić information content (AvgIpc) is 3.12. The number of carbonyl (C=O) groups is 2. The summed E-state index contributed by atoms with van der Waals surface area (Å²) >= 11 is 0. The zero-order chi connectivity index (χ0) is 39.0. The average molecular weight is 766 g/mol. The summed E-state index contributed by atoms with van der Waals surface area (Å²) in [6.45, 7) is 3.96. The standard InChI is InChI=1S/C39H76O5.C2H8NO4P/c1-3-5-7-9-11-13-15-17-19-21-23-25-27-29-31-33-36(41)39(37(42)35-40)44-38(43)34-32-30-28-26-24-22-20-18-16-14-12-10-8-6-4-2;3-1-2-7-8(4,5)6/h37,39-40,42H,3-35H2,1-2H3;1-3H2,(H2,4,5,6). The number of aliphatic hydroxyl groups is 2. The first-order chi connectivity index (χ1) is 25.1. The van der Waals surface area contributed by atoms with Crippen LogP contribution in [0.2, 0.25) is 0 Å². The molecule has 0 bridgehead atoms. The van der Waals surface area contributed by atoms with Crippen LogP contribution in [0.5, 0.6) is 0 Å². The normalized spacial score (nSPS) is 12.7. The van der Waals surface area contributed by atoms with Crippen molar-refractivity contribution in [1.82, 2.24) is 0 Å². The molecule has 0 aromatic carbocycles. The van der Waals surface area contributed by atoms with Crippen molar-refractivity contribution in [3.05, 3.63) is 0 Å². The molecule has 0 aliphatic rings. The van der Waals surface area contributed by atoms with Gasteiger partial charge in [0, 0.05) is 19.4 Å². The van der Waals surface area contributed by atoms with Crippen LogP contribution in [0.15, 0.2) is 0 Å². The van der Waals surface area contributed by atoms with Gasteiger partial charge in [0.05, 0.1) is 13.2 Å². The van der Waals surface area contributed by atoms with E-state index in [0.29, 0.717) is 0 Å². The lowest BCUT2D eigenvalue weighted by Crippen LogP contribution is -2.40. The number of unbranched alkanes of at least 4 members (excludes halogenated alkanes) is 28. The molecule has 312 valence electrons. The van der Waals surface area contributed by atoms with E-state index in [1.807, 2.05) is 0 Å². The summed E-state index contributed by atoms with van der Waals surface area (Å²) in [4.78, 5) is 41.0. The molecule has 0 saturated heterocycles. The number of rotatable bonds is 39. The third-order valence-corrected chi connectivity index (χ3v) is 10.0. The predicted molar refractivity (Wildman–Crippen MR) is 214 cm³/mol. The number of esters is 1. The van der Waals surface area contributed by atoms with Crippen molar-refractivity contribution in [1.29, 1.82) is 0 Å². The molecule has 11 heteroatoms. The van der Waals surface area contributed by atoms with E-state index in [9.17, 15) is 24.4 Å². The minimum absolute atomic E-state index is 0.107. The fourth-order valence-electron chi connectivity index (χ4n) is 6.28. The highest BCUT2D eigenvalue weighted by Crippen LogP contribution is 2.34. The van der Waals surface area contributed by atoms with E-state index in [1.165, 1.54) is 154 Å². The van der Waals surface area contributed by atoms with Crippen LogP contribution in [0.4, 0.5) is 0 Å². The fraction of sp³-hybridized carbons (Fsp3) is 0.951. The molecule has 0 aliphatic heterocycles. The molecule has 6 N–H and O–H groups in total. The van der Waals surface area contributed by atoms with Crippen molar-refractivity contribution in [3.8, 4) is 0 Å². The van der Waals surface area contributed by atoms with Crippen LogP contribution in [0.25, 0.3) is 0 Å². The molecule has 2 atom stereocenters. The van der Waals surface area contributed by atoms with Crippen LogP contribution < -0.4 is 5.73 Å². The minimum atomic E-state index is -4.26. The van der Waals surface area contributed by atoms with Gasteiger partial charge in [0.2, 0.25) is 0 Å². The maximum Gasteiger partial charge on any atom is 0.469 e. The van der Waals surface area contributed by atoms with E-state index in [2.05, 4.69) is 18.4 Å². The second-order valence-corrected chi connectivity index (χ2v) is 15.9. The molecule has 0 aromatic rings. The summed E-state index contributed by atoms with van der Waals surface area (Å²) in [6.07, 6.45) is 35.9. The number of aliphatic hydroxyl groups excluding tert-OH is 2. The highest BCUT2D eigenvalue weighted by molar-refractivity contribution is 7.46. The third kappa shape index (κ3) is 41.9. The van der Waals surface area contributed by atoms with Gasteiger partial charge < -0.3 is 30.5 Å². The first kappa shape index (κ1) is 53.2. The Hall–Kier alpha value is -0.870. The van der Waals surface area contributed by atoms with Crippen LogP contribution in [0.3, 0.4) is 0 Å². The number of ether oxygens (including phenoxy) is 1. The monoisotopic (exact) mass is 766 g/mol. The lowest BCUT2D eigenvalue weighted by atomic mass is 10.0. The Bertz CT molecular complexity index is 811. The molecule has 0 aromatic heterocycles. The van der Waals surface area contributed by atoms with Crippen molar-refractivity contribution in [2.75, 3.05) is 19.8 Å². The van der Waals surface area contributed by atoms with Crippen LogP contribution in [-0.4, -0.2) is 63.7 Å². The number of carbonyl (C=O) groups excluding carboxylic acids is 2. The highest BCUT2D eigenvalue weighted by atomic mass is 31.2. The van der Waals surface area contributed by atoms with Gasteiger partial charge in [-0.1, -0.05) is 194 Å². The van der Waals surface area contributed by atoms with Crippen molar-refractivity contribution in [2.24, 2.45) is 5.73 Å². The van der Waals surface area contributed by atoms with Crippen molar-refractivity contribution < 1.29 is 43.4 Å². The van der Waals surface area contributed by atoms with Crippen molar-refractivity contribution in [3.63, 3.8) is 0 Å². The first-order valence-corrected chi connectivity index (χ1v) is 23.1. The summed E-state index contributed by atoms with van der Waals surface area (Å²) in [5, 5.41) is 19.5. The summed E-state index contributed by atoms with van der Waals surface area (Å²) in [5.74, 6) is -0.715. The molecule has 0 fully saturated rings. The Balaban J connectivity index is 0. The van der Waals surface area contributed by atoms with Gasteiger partial charge >= 0.3 is 13.8 Å². The number of phosphoric acid groups is 1. The van der Waals surface area contributed by atoms with Crippen LogP contribution in [0.1, 0.15) is 219 Å². The van der Waals surface area contributed by atoms with E-state index in [1.54, 1.807) is 0 Å². The highest BCUT2D eigenvalue weighted by Gasteiger charge is 2.29. The molecule has 2 unspecified atom stereocenters. The lowest BCUT2D eigenvalue weighted by molar-refractivity contribution is -0.163. The SMILES string of the molecule is CCCCCCCCCCCCCCCCCC(=O)OC(C(=O)CCCCCCCCCCCCCCCCC)C(O)CO.NCCOP(=O)(O)O. The molecule has 0 saturated carbocycles. The number of ketones is 1. The molecule has 0 amide bonds. The van der Waals surface area contributed by atoms with Crippen molar-refractivity contribution in [2.45, 2.75) is 232 Å². The number of hydrogen-bond acceptors (Lipinski definition) is 8. The van der Waals surface area contributed by atoms with E-state index in [4.69, 9.17) is 20.3 Å². The van der Waals surface area contributed by atoms with Crippen LogP contribution >= 0.6 is 7.82 Å². The predicted octanol–water partition coefficient (Wildman–Crippen LogP) is 10.4. The number of hydrogen-bond donors (Lipinski definition) is 5.